The molecule has 8 nitrogen and oxygen atoms in total. The highest BCUT2D eigenvalue weighted by Gasteiger charge is 2.32. The van der Waals surface area contributed by atoms with E-state index in [9.17, 15) is 18.0 Å². The van der Waals surface area contributed by atoms with Crippen LogP contribution in [0, 0.1) is 0 Å². The molecule has 0 spiro atoms. The van der Waals surface area contributed by atoms with E-state index in [1.807, 2.05) is 51.1 Å². The molecule has 0 aliphatic heterocycles. The summed E-state index contributed by atoms with van der Waals surface area (Å²) in [4.78, 5) is 28.0. The monoisotopic (exact) mass is 509 g/mol. The van der Waals surface area contributed by atoms with Crippen LogP contribution in [0.15, 0.2) is 48.5 Å². The van der Waals surface area contributed by atoms with E-state index in [2.05, 4.69) is 5.32 Å². The Morgan fingerprint density at radius 2 is 1.76 bits per heavy atom. The Bertz CT molecular complexity index is 1090. The largest absolute Gasteiger partial charge is 0.495 e. The van der Waals surface area contributed by atoms with Gasteiger partial charge in [0, 0.05) is 17.6 Å². The number of halogens is 1. The number of amides is 2. The number of ether oxygens (including phenoxy) is 1. The number of anilines is 1. The lowest BCUT2D eigenvalue weighted by atomic mass is 10.1. The number of sulfonamides is 1. The number of nitrogens with one attached hydrogen (secondary N) is 1. The second-order valence-corrected chi connectivity index (χ2v) is 10.5. The lowest BCUT2D eigenvalue weighted by molar-refractivity contribution is -0.140. The van der Waals surface area contributed by atoms with Crippen molar-refractivity contribution in [3.63, 3.8) is 0 Å². The summed E-state index contributed by atoms with van der Waals surface area (Å²) < 4.78 is 31.7. The van der Waals surface area contributed by atoms with E-state index in [-0.39, 0.29) is 29.9 Å². The van der Waals surface area contributed by atoms with Gasteiger partial charge in [-0.05, 0) is 44.0 Å². The Kier molecular flexibility index (Phi) is 9.76. The van der Waals surface area contributed by atoms with Crippen molar-refractivity contribution in [3.05, 3.63) is 59.1 Å². The molecule has 0 aliphatic rings. The van der Waals surface area contributed by atoms with E-state index in [1.165, 1.54) is 24.1 Å². The predicted octanol–water partition coefficient (Wildman–Crippen LogP) is 3.45. The number of methoxy groups -OCH3 is 1. The van der Waals surface area contributed by atoms with Crippen LogP contribution < -0.4 is 14.4 Å². The number of hydrogen-bond acceptors (Lipinski definition) is 5. The van der Waals surface area contributed by atoms with Gasteiger partial charge in [0.1, 0.15) is 18.3 Å². The summed E-state index contributed by atoms with van der Waals surface area (Å²) in [7, 11) is -2.49. The molecule has 0 bridgehead atoms. The zero-order valence-corrected chi connectivity index (χ0v) is 21.7. The van der Waals surface area contributed by atoms with Crippen LogP contribution in [0.4, 0.5) is 5.69 Å². The van der Waals surface area contributed by atoms with Crippen LogP contribution >= 0.6 is 11.6 Å². The molecule has 0 saturated carbocycles. The van der Waals surface area contributed by atoms with Gasteiger partial charge in [0.15, 0.2) is 0 Å². The van der Waals surface area contributed by atoms with Gasteiger partial charge in [-0.2, -0.15) is 0 Å². The fraction of sp³-hybridized carbons (Fsp3) is 0.417. The fourth-order valence-electron chi connectivity index (χ4n) is 3.53. The molecular weight excluding hydrogens is 478 g/mol. The third-order valence-electron chi connectivity index (χ3n) is 5.10. The minimum atomic E-state index is -3.89. The molecule has 0 aliphatic carbocycles. The van der Waals surface area contributed by atoms with E-state index in [1.54, 1.807) is 6.07 Å². The van der Waals surface area contributed by atoms with Crippen molar-refractivity contribution in [1.82, 2.24) is 10.2 Å². The molecule has 0 radical (unpaired) electrons. The lowest BCUT2D eigenvalue weighted by Crippen LogP contribution is -2.53. The second kappa shape index (κ2) is 12.1. The molecule has 0 saturated heterocycles. The topological polar surface area (TPSA) is 96.0 Å². The average Bonchev–Trinajstić information content (AvgIpc) is 2.76. The van der Waals surface area contributed by atoms with Gasteiger partial charge in [-0.1, -0.05) is 48.9 Å². The summed E-state index contributed by atoms with van der Waals surface area (Å²) in [6, 6.07) is 12.9. The van der Waals surface area contributed by atoms with Gasteiger partial charge < -0.3 is 15.0 Å². The third kappa shape index (κ3) is 7.36. The maximum atomic E-state index is 13.6. The van der Waals surface area contributed by atoms with Crippen molar-refractivity contribution >= 4 is 39.1 Å². The number of nitrogens with zero attached hydrogens (tertiary/aromatic N) is 2. The molecule has 34 heavy (non-hydrogen) atoms. The van der Waals surface area contributed by atoms with Crippen LogP contribution in [0.2, 0.25) is 5.02 Å². The van der Waals surface area contributed by atoms with Gasteiger partial charge in [-0.15, -0.1) is 0 Å². The standard InChI is InChI=1S/C24H32ClN3O5S/c1-6-20(24(30)26-17(2)3)27(15-18-10-8-7-9-11-18)23(29)16-28(34(5,31)32)21-14-19(25)12-13-22(21)33-4/h7-14,17,20H,6,15-16H2,1-5H3,(H,26,30)/t20-/m1/s1. The van der Waals surface area contributed by atoms with E-state index < -0.39 is 28.5 Å². The zero-order chi connectivity index (χ0) is 25.5. The first-order valence-corrected chi connectivity index (χ1v) is 13.2. The van der Waals surface area contributed by atoms with Gasteiger partial charge in [-0.3, -0.25) is 13.9 Å². The van der Waals surface area contributed by atoms with Gasteiger partial charge in [-0.25, -0.2) is 8.42 Å². The summed E-state index contributed by atoms with van der Waals surface area (Å²) in [6.45, 7) is 5.11. The molecule has 0 fully saturated rings. The minimum absolute atomic E-state index is 0.113. The van der Waals surface area contributed by atoms with Crippen LogP contribution in [0.25, 0.3) is 0 Å². The Balaban J connectivity index is 2.49. The normalized spacial score (nSPS) is 12.2. The van der Waals surface area contributed by atoms with Gasteiger partial charge in [0.25, 0.3) is 0 Å². The van der Waals surface area contributed by atoms with Crippen LogP contribution in [0.5, 0.6) is 5.75 Å². The molecule has 2 aromatic rings. The summed E-state index contributed by atoms with van der Waals surface area (Å²) in [5, 5.41) is 3.15. The van der Waals surface area contributed by atoms with Crippen molar-refractivity contribution in [1.29, 1.82) is 0 Å². The predicted molar refractivity (Wildman–Crippen MR) is 135 cm³/mol. The fourth-order valence-corrected chi connectivity index (χ4v) is 4.54. The van der Waals surface area contributed by atoms with Gasteiger partial charge in [0.05, 0.1) is 19.1 Å². The Morgan fingerprint density at radius 3 is 2.29 bits per heavy atom. The molecule has 2 amide bonds. The Labute approximate surface area is 206 Å². The first-order chi connectivity index (χ1) is 16.0. The number of rotatable bonds is 11. The van der Waals surface area contributed by atoms with Crippen LogP contribution in [-0.4, -0.2) is 57.1 Å². The SMILES string of the molecule is CC[C@H](C(=O)NC(C)C)N(Cc1ccccc1)C(=O)CN(c1cc(Cl)ccc1OC)S(C)(=O)=O. The van der Waals surface area contributed by atoms with Crippen molar-refractivity contribution < 1.29 is 22.7 Å². The van der Waals surface area contributed by atoms with Crippen molar-refractivity contribution in [3.8, 4) is 5.75 Å². The van der Waals surface area contributed by atoms with E-state index in [0.29, 0.717) is 11.4 Å². The zero-order valence-electron chi connectivity index (χ0n) is 20.1. The van der Waals surface area contributed by atoms with E-state index in [0.717, 1.165) is 16.1 Å². The quantitative estimate of drug-likeness (QED) is 0.500. The maximum Gasteiger partial charge on any atom is 0.244 e. The highest BCUT2D eigenvalue weighted by molar-refractivity contribution is 7.92. The number of hydrogen-bond donors (Lipinski definition) is 1. The third-order valence-corrected chi connectivity index (χ3v) is 6.46. The highest BCUT2D eigenvalue weighted by Crippen LogP contribution is 2.33. The molecule has 0 aromatic heterocycles. The Morgan fingerprint density at radius 1 is 1.12 bits per heavy atom. The molecule has 10 heteroatoms. The summed E-state index contributed by atoms with van der Waals surface area (Å²) in [6.07, 6.45) is 1.36. The minimum Gasteiger partial charge on any atom is -0.495 e. The summed E-state index contributed by atoms with van der Waals surface area (Å²) in [5.74, 6) is -0.572. The van der Waals surface area contributed by atoms with Crippen molar-refractivity contribution in [2.75, 3.05) is 24.2 Å². The van der Waals surface area contributed by atoms with Crippen LogP contribution in [-0.2, 0) is 26.2 Å². The number of carbonyl (C=O) groups is 2. The summed E-state index contributed by atoms with van der Waals surface area (Å²) in [5.41, 5.74) is 0.961. The highest BCUT2D eigenvalue weighted by atomic mass is 35.5. The molecule has 1 N–H and O–H groups in total. The number of carbonyl (C=O) groups excluding carboxylic acids is 2. The first-order valence-electron chi connectivity index (χ1n) is 10.9. The molecule has 1 atom stereocenters. The molecule has 2 rings (SSSR count). The first kappa shape index (κ1) is 27.5. The molecule has 0 unspecified atom stereocenters. The Hall–Kier alpha value is -2.78. The maximum absolute atomic E-state index is 13.6. The van der Waals surface area contributed by atoms with E-state index in [4.69, 9.17) is 16.3 Å². The van der Waals surface area contributed by atoms with Crippen LogP contribution in [0.3, 0.4) is 0 Å². The van der Waals surface area contributed by atoms with Crippen LogP contribution in [0.1, 0.15) is 32.8 Å². The average molecular weight is 510 g/mol. The smallest absolute Gasteiger partial charge is 0.244 e. The van der Waals surface area contributed by atoms with Gasteiger partial charge >= 0.3 is 0 Å². The van der Waals surface area contributed by atoms with Crippen molar-refractivity contribution in [2.24, 2.45) is 0 Å². The second-order valence-electron chi connectivity index (χ2n) is 8.18. The molecule has 2 aromatic carbocycles. The van der Waals surface area contributed by atoms with E-state index >= 15 is 0 Å². The molecule has 186 valence electrons. The van der Waals surface area contributed by atoms with Gasteiger partial charge in [0.2, 0.25) is 21.8 Å². The summed E-state index contributed by atoms with van der Waals surface area (Å²) >= 11 is 6.11. The molecule has 0 heterocycles. The van der Waals surface area contributed by atoms with Crippen molar-refractivity contribution in [2.45, 2.75) is 45.8 Å². The number of benzene rings is 2. The molecular formula is C24H32ClN3O5S. The lowest BCUT2D eigenvalue weighted by Gasteiger charge is -2.33.